The molecule has 3 amide bonds. The van der Waals surface area contributed by atoms with Gasteiger partial charge in [0, 0.05) is 25.6 Å². The van der Waals surface area contributed by atoms with E-state index in [2.05, 4.69) is 10.6 Å². The van der Waals surface area contributed by atoms with E-state index in [9.17, 15) is 18.4 Å². The number of nitrogens with zero attached hydrogens (tertiary/aromatic N) is 1. The average molecular weight is 332 g/mol. The van der Waals surface area contributed by atoms with Crippen LogP contribution in [0, 0.1) is 11.6 Å². The smallest absolute Gasteiger partial charge is 0.319 e. The van der Waals surface area contributed by atoms with Crippen LogP contribution in [-0.4, -0.2) is 36.0 Å². The minimum atomic E-state index is -0.956. The van der Waals surface area contributed by atoms with Crippen LogP contribution in [-0.2, 0) is 4.79 Å². The first-order valence-electron chi connectivity index (χ1n) is 6.90. The van der Waals surface area contributed by atoms with E-state index >= 15 is 0 Å². The van der Waals surface area contributed by atoms with Gasteiger partial charge in [-0.3, -0.25) is 4.79 Å². The van der Waals surface area contributed by atoms with Crippen molar-refractivity contribution in [3.63, 3.8) is 0 Å². The maximum Gasteiger partial charge on any atom is 0.319 e. The Morgan fingerprint density at radius 3 is 2.86 bits per heavy atom. The van der Waals surface area contributed by atoms with E-state index in [1.807, 2.05) is 6.92 Å². The second-order valence-corrected chi connectivity index (χ2v) is 5.47. The molecule has 0 unspecified atom stereocenters. The lowest BCUT2D eigenvalue weighted by Crippen LogP contribution is -2.39. The van der Waals surface area contributed by atoms with Crippen LogP contribution in [0.2, 0.25) is 5.02 Å². The van der Waals surface area contributed by atoms with E-state index in [1.54, 1.807) is 4.90 Å². The molecule has 0 aromatic heterocycles. The SMILES string of the molecule is CCCN1C[C@@H](NC(=O)Nc2cc(F)cc(F)c2Cl)CC1=O. The molecular formula is C14H16ClF2N3O2. The molecule has 0 spiro atoms. The minimum Gasteiger partial charge on any atom is -0.341 e. The van der Waals surface area contributed by atoms with Gasteiger partial charge in [0.2, 0.25) is 5.91 Å². The number of anilines is 1. The highest BCUT2D eigenvalue weighted by Crippen LogP contribution is 2.26. The van der Waals surface area contributed by atoms with Crippen LogP contribution in [0.1, 0.15) is 19.8 Å². The molecule has 1 aliphatic rings. The molecule has 0 saturated carbocycles. The predicted molar refractivity (Wildman–Crippen MR) is 78.8 cm³/mol. The number of hydrogen-bond donors (Lipinski definition) is 2. The van der Waals surface area contributed by atoms with Crippen molar-refractivity contribution in [3.8, 4) is 0 Å². The van der Waals surface area contributed by atoms with Gasteiger partial charge in [-0.15, -0.1) is 0 Å². The van der Waals surface area contributed by atoms with Gasteiger partial charge in [0.1, 0.15) is 16.7 Å². The molecule has 1 aromatic carbocycles. The Kier molecular flexibility index (Phi) is 5.18. The quantitative estimate of drug-likeness (QED) is 0.833. The van der Waals surface area contributed by atoms with Gasteiger partial charge in [-0.2, -0.15) is 0 Å². The number of rotatable bonds is 4. The maximum absolute atomic E-state index is 13.3. The van der Waals surface area contributed by atoms with E-state index in [1.165, 1.54) is 0 Å². The number of amides is 3. The molecule has 0 radical (unpaired) electrons. The first-order valence-corrected chi connectivity index (χ1v) is 7.28. The van der Waals surface area contributed by atoms with Gasteiger partial charge in [-0.25, -0.2) is 13.6 Å². The summed E-state index contributed by atoms with van der Waals surface area (Å²) in [7, 11) is 0. The Morgan fingerprint density at radius 2 is 2.18 bits per heavy atom. The summed E-state index contributed by atoms with van der Waals surface area (Å²) in [6.07, 6.45) is 1.04. The zero-order chi connectivity index (χ0) is 16.3. The molecule has 120 valence electrons. The zero-order valence-corrected chi connectivity index (χ0v) is 12.7. The van der Waals surface area contributed by atoms with Gasteiger partial charge in [0.15, 0.2) is 0 Å². The van der Waals surface area contributed by atoms with Crippen molar-refractivity contribution in [2.75, 3.05) is 18.4 Å². The minimum absolute atomic E-state index is 0.0259. The van der Waals surface area contributed by atoms with E-state index in [-0.39, 0.29) is 29.1 Å². The van der Waals surface area contributed by atoms with Crippen molar-refractivity contribution < 1.29 is 18.4 Å². The van der Waals surface area contributed by atoms with E-state index < -0.39 is 17.7 Å². The third-order valence-corrected chi connectivity index (χ3v) is 3.67. The Bertz CT molecular complexity index is 598. The molecule has 22 heavy (non-hydrogen) atoms. The largest absolute Gasteiger partial charge is 0.341 e. The van der Waals surface area contributed by atoms with E-state index in [4.69, 9.17) is 11.6 Å². The second kappa shape index (κ2) is 6.91. The normalized spacial score (nSPS) is 17.7. The fourth-order valence-corrected chi connectivity index (χ4v) is 2.50. The summed E-state index contributed by atoms with van der Waals surface area (Å²) in [5.74, 6) is -1.83. The number of carbonyl (C=O) groups excluding carboxylic acids is 2. The van der Waals surface area contributed by atoms with Gasteiger partial charge in [0.05, 0.1) is 11.7 Å². The molecule has 1 aromatic rings. The fourth-order valence-electron chi connectivity index (χ4n) is 2.35. The Labute approximate surface area is 131 Å². The third-order valence-electron chi connectivity index (χ3n) is 3.28. The van der Waals surface area contributed by atoms with Crippen LogP contribution in [0.25, 0.3) is 0 Å². The molecule has 1 heterocycles. The summed E-state index contributed by atoms with van der Waals surface area (Å²) in [4.78, 5) is 25.2. The highest BCUT2D eigenvalue weighted by molar-refractivity contribution is 6.33. The number of hydrogen-bond acceptors (Lipinski definition) is 2. The first-order chi connectivity index (χ1) is 10.4. The van der Waals surface area contributed by atoms with Crippen LogP contribution in [0.5, 0.6) is 0 Å². The molecule has 0 aliphatic carbocycles. The summed E-state index contributed by atoms with van der Waals surface area (Å²) in [6, 6.07) is 0.553. The van der Waals surface area contributed by atoms with Crippen LogP contribution < -0.4 is 10.6 Å². The number of nitrogens with one attached hydrogen (secondary N) is 2. The Morgan fingerprint density at radius 1 is 1.45 bits per heavy atom. The van der Waals surface area contributed by atoms with Gasteiger partial charge in [-0.1, -0.05) is 18.5 Å². The second-order valence-electron chi connectivity index (χ2n) is 5.09. The molecule has 1 aliphatic heterocycles. The standard InChI is InChI=1S/C14H16ClF2N3O2/c1-2-3-20-7-9(6-12(20)21)18-14(22)19-11-5-8(16)4-10(17)13(11)15/h4-5,9H,2-3,6-7H2,1H3,(H2,18,19,22)/t9-/m0/s1. The lowest BCUT2D eigenvalue weighted by atomic mass is 10.2. The highest BCUT2D eigenvalue weighted by atomic mass is 35.5. The maximum atomic E-state index is 13.3. The van der Waals surface area contributed by atoms with Crippen LogP contribution in [0.4, 0.5) is 19.3 Å². The number of likely N-dealkylation sites (tertiary alicyclic amines) is 1. The van der Waals surface area contributed by atoms with Crippen LogP contribution >= 0.6 is 11.6 Å². The van der Waals surface area contributed by atoms with Gasteiger partial charge in [0.25, 0.3) is 0 Å². The van der Waals surface area contributed by atoms with Gasteiger partial charge < -0.3 is 15.5 Å². The van der Waals surface area contributed by atoms with E-state index in [0.29, 0.717) is 19.2 Å². The lowest BCUT2D eigenvalue weighted by Gasteiger charge is -2.16. The van der Waals surface area contributed by atoms with Crippen LogP contribution in [0.3, 0.4) is 0 Å². The third kappa shape index (κ3) is 3.85. The molecule has 0 bridgehead atoms. The molecule has 1 fully saturated rings. The van der Waals surface area contributed by atoms with Crippen molar-refractivity contribution in [3.05, 3.63) is 28.8 Å². The number of urea groups is 1. The number of carbonyl (C=O) groups is 2. The Balaban J connectivity index is 1.96. The molecule has 1 atom stereocenters. The summed E-state index contributed by atoms with van der Waals surface area (Å²) in [5, 5.41) is 4.52. The predicted octanol–water partition coefficient (Wildman–Crippen LogP) is 2.75. The molecule has 2 N–H and O–H groups in total. The highest BCUT2D eigenvalue weighted by Gasteiger charge is 2.30. The molecule has 2 rings (SSSR count). The average Bonchev–Trinajstić information content (AvgIpc) is 2.76. The van der Waals surface area contributed by atoms with Gasteiger partial charge in [-0.05, 0) is 12.5 Å². The molecular weight excluding hydrogens is 316 g/mol. The monoisotopic (exact) mass is 331 g/mol. The van der Waals surface area contributed by atoms with Crippen molar-refractivity contribution >= 4 is 29.2 Å². The van der Waals surface area contributed by atoms with Gasteiger partial charge >= 0.3 is 6.03 Å². The number of halogens is 3. The lowest BCUT2D eigenvalue weighted by molar-refractivity contribution is -0.127. The van der Waals surface area contributed by atoms with Crippen molar-refractivity contribution in [2.24, 2.45) is 0 Å². The fraction of sp³-hybridized carbons (Fsp3) is 0.429. The van der Waals surface area contributed by atoms with Crippen molar-refractivity contribution in [1.82, 2.24) is 10.2 Å². The molecule has 1 saturated heterocycles. The Hall–Kier alpha value is -1.89. The first kappa shape index (κ1) is 16.5. The molecule has 8 heteroatoms. The summed E-state index contributed by atoms with van der Waals surface area (Å²) in [6.45, 7) is 3.02. The summed E-state index contributed by atoms with van der Waals surface area (Å²) >= 11 is 5.67. The van der Waals surface area contributed by atoms with Crippen molar-refractivity contribution in [2.45, 2.75) is 25.8 Å². The number of benzene rings is 1. The zero-order valence-electron chi connectivity index (χ0n) is 12.0. The molecule has 5 nitrogen and oxygen atoms in total. The topological polar surface area (TPSA) is 61.4 Å². The summed E-state index contributed by atoms with van der Waals surface area (Å²) in [5.41, 5.74) is -0.161. The summed E-state index contributed by atoms with van der Waals surface area (Å²) < 4.78 is 26.4. The van der Waals surface area contributed by atoms with Crippen LogP contribution in [0.15, 0.2) is 12.1 Å². The van der Waals surface area contributed by atoms with E-state index in [0.717, 1.165) is 12.5 Å². The van der Waals surface area contributed by atoms with Crippen molar-refractivity contribution in [1.29, 1.82) is 0 Å².